The van der Waals surface area contributed by atoms with Crippen LogP contribution in [0.15, 0.2) is 46.6 Å². The van der Waals surface area contributed by atoms with E-state index in [9.17, 15) is 45.5 Å². The van der Waals surface area contributed by atoms with Crippen LogP contribution >= 0.6 is 0 Å². The zero-order valence-corrected chi connectivity index (χ0v) is 35.3. The van der Waals surface area contributed by atoms with Crippen LogP contribution in [-0.4, -0.2) is 97.0 Å². The first-order chi connectivity index (χ1) is 31.3. The van der Waals surface area contributed by atoms with Crippen LogP contribution in [0.4, 0.5) is 49.1 Å². The smallest absolute Gasteiger partial charge is 0.416 e. The van der Waals surface area contributed by atoms with Gasteiger partial charge >= 0.3 is 12.4 Å². The van der Waals surface area contributed by atoms with Crippen molar-refractivity contribution in [3.63, 3.8) is 0 Å². The highest BCUT2D eigenvalue weighted by atomic mass is 19.4. The summed E-state index contributed by atoms with van der Waals surface area (Å²) < 4.78 is 97.9. The number of rotatable bonds is 20. The van der Waals surface area contributed by atoms with Gasteiger partial charge in [0.25, 0.3) is 11.8 Å². The van der Waals surface area contributed by atoms with Crippen molar-refractivity contribution in [2.75, 3.05) is 60.5 Å². The van der Waals surface area contributed by atoms with Gasteiger partial charge in [-0.25, -0.2) is 9.97 Å². The third kappa shape index (κ3) is 15.1. The molecule has 2 saturated heterocycles. The summed E-state index contributed by atoms with van der Waals surface area (Å²) >= 11 is 0. The number of benzene rings is 2. The maximum Gasteiger partial charge on any atom is 0.416 e. The van der Waals surface area contributed by atoms with Gasteiger partial charge in [-0.05, 0) is 75.9 Å². The van der Waals surface area contributed by atoms with E-state index < -0.39 is 93.5 Å². The molecular formula is C40H50F6N14O6. The number of carbonyl (C=O) groups is 4. The Balaban J connectivity index is 1.43. The normalized spacial score (nSPS) is 15.9. The molecule has 2 aromatic carbocycles. The van der Waals surface area contributed by atoms with Crippen molar-refractivity contribution >= 4 is 58.3 Å². The third-order valence-electron chi connectivity index (χ3n) is 9.82. The second-order valence-electron chi connectivity index (χ2n) is 15.1. The summed E-state index contributed by atoms with van der Waals surface area (Å²) in [5, 5.41) is 15.7. The number of guanidine groups is 2. The summed E-state index contributed by atoms with van der Waals surface area (Å²) in [6.07, 6.45) is -8.36. The number of aromatic nitrogens is 2. The number of amides is 4. The number of halogens is 6. The van der Waals surface area contributed by atoms with Crippen LogP contribution in [-0.2, 0) is 21.9 Å². The molecule has 358 valence electrons. The molecule has 0 bridgehead atoms. The molecule has 2 aliphatic rings. The number of anilines is 4. The fraction of sp³-hybridized carbons (Fsp3) is 0.450. The molecule has 2 aliphatic heterocycles. The summed E-state index contributed by atoms with van der Waals surface area (Å²) in [5.41, 5.74) is 15.8. The fourth-order valence-corrected chi connectivity index (χ4v) is 6.62. The minimum Gasteiger partial charge on any atom is -0.485 e. The van der Waals surface area contributed by atoms with E-state index in [2.05, 4.69) is 51.9 Å². The number of nitrogens with one attached hydrogen (secondary N) is 6. The summed E-state index contributed by atoms with van der Waals surface area (Å²) in [4.78, 5) is 68.9. The molecule has 26 heteroatoms. The molecule has 2 atom stereocenters. The van der Waals surface area contributed by atoms with Crippen molar-refractivity contribution in [1.29, 1.82) is 0 Å². The molecule has 20 nitrogen and oxygen atoms in total. The second kappa shape index (κ2) is 22.8. The van der Waals surface area contributed by atoms with Gasteiger partial charge in [0.2, 0.25) is 11.8 Å². The molecule has 66 heavy (non-hydrogen) atoms. The Labute approximate surface area is 373 Å². The van der Waals surface area contributed by atoms with Crippen molar-refractivity contribution < 1.29 is 55.0 Å². The van der Waals surface area contributed by atoms with Crippen LogP contribution in [0.25, 0.3) is 0 Å². The predicted octanol–water partition coefficient (Wildman–Crippen LogP) is 3.26. The lowest BCUT2D eigenvalue weighted by Gasteiger charge is -2.22. The van der Waals surface area contributed by atoms with Gasteiger partial charge in [0.1, 0.15) is 29.9 Å². The Morgan fingerprint density at radius 1 is 0.606 bits per heavy atom. The van der Waals surface area contributed by atoms with Crippen LogP contribution in [0.1, 0.15) is 83.5 Å². The van der Waals surface area contributed by atoms with E-state index in [0.29, 0.717) is 76.1 Å². The predicted molar refractivity (Wildman–Crippen MR) is 231 cm³/mol. The summed E-state index contributed by atoms with van der Waals surface area (Å²) in [6, 6.07) is 3.40. The SMILES string of the molecule is [15NH2]C([15NH2])=NCCCCC(=O)Nc1cc(C(F)(F)F)cc(NC(=O)c2cc(C(=O)Nc3cc(C(F)(F)F)cc(NC(=O)CCCCN=C([15NH2])[15NH2])c3O[C@@H]3CCNC3)ncn2)c1O[C@@H]1CCNC1. The van der Waals surface area contributed by atoms with E-state index in [-0.39, 0.29) is 62.2 Å². The van der Waals surface area contributed by atoms with Gasteiger partial charge < -0.3 is 64.3 Å². The van der Waals surface area contributed by atoms with Crippen molar-refractivity contribution in [2.24, 2.45) is 32.9 Å². The standard InChI is InChI=1S/C40H50F6N14O6/c41-39(42,43)21-13-25(57-31(61)5-1-3-9-53-37(47)48)33(65-23-7-11-51-18-23)27(15-21)59-35(63)29-17-30(56-20-55-29)36(64)60-28-16-22(40(44,45)46)14-26(34(28)66-24-8-12-52-19-24)58-32(62)6-2-4-10-54-38(49)50/h13-17,20,23-24,51-52H,1-12,18-19H2,(H,57,61)(H,58,62)(H,59,63)(H,60,64)(H4,47,48,53)(H4,49,50,54)/t23-,24-/m1/s1/i47+1,48+1,49+1,50+1. The molecule has 14 N–H and O–H groups in total. The maximum absolute atomic E-state index is 14.3. The first kappa shape index (κ1) is 50.0. The second-order valence-corrected chi connectivity index (χ2v) is 15.1. The van der Waals surface area contributed by atoms with E-state index >= 15 is 0 Å². The van der Waals surface area contributed by atoms with Gasteiger partial charge in [0.05, 0.1) is 33.9 Å². The van der Waals surface area contributed by atoms with Gasteiger partial charge in [-0.1, -0.05) is 0 Å². The zero-order valence-electron chi connectivity index (χ0n) is 35.3. The van der Waals surface area contributed by atoms with Crippen molar-refractivity contribution in [1.82, 2.24) is 20.6 Å². The maximum atomic E-state index is 14.3. The van der Waals surface area contributed by atoms with Crippen LogP contribution in [0.3, 0.4) is 0 Å². The molecule has 0 unspecified atom stereocenters. The highest BCUT2D eigenvalue weighted by Crippen LogP contribution is 2.43. The topological polar surface area (TPSA) is 313 Å². The molecule has 0 saturated carbocycles. The Hall–Kier alpha value is -6.96. The Morgan fingerprint density at radius 2 is 0.985 bits per heavy atom. The molecule has 3 heterocycles. The monoisotopic (exact) mass is 940 g/mol. The molecule has 0 spiro atoms. The minimum absolute atomic E-state index is 0.126. The first-order valence-electron chi connectivity index (χ1n) is 20.7. The lowest BCUT2D eigenvalue weighted by atomic mass is 10.1. The quantitative estimate of drug-likeness (QED) is 0.0256. The van der Waals surface area contributed by atoms with Crippen molar-refractivity contribution in [3.8, 4) is 11.5 Å². The summed E-state index contributed by atoms with van der Waals surface area (Å²) in [5.74, 6) is -4.53. The van der Waals surface area contributed by atoms with Crippen molar-refractivity contribution in [2.45, 2.75) is 75.9 Å². The van der Waals surface area contributed by atoms with E-state index in [1.165, 1.54) is 0 Å². The number of hydrogen-bond donors (Lipinski definition) is 10. The number of unbranched alkanes of at least 4 members (excludes halogenated alkanes) is 2. The van der Waals surface area contributed by atoms with E-state index in [4.69, 9.17) is 32.4 Å². The molecular weight excluding hydrogens is 890 g/mol. The summed E-state index contributed by atoms with van der Waals surface area (Å²) in [6.45, 7) is 2.05. The number of nitrogens with zero attached hydrogens (tertiary/aromatic N) is 4. The number of ether oxygens (including phenoxy) is 2. The first-order valence-corrected chi connectivity index (χ1v) is 20.7. The van der Waals surface area contributed by atoms with E-state index in [0.717, 1.165) is 12.4 Å². The average Bonchev–Trinajstić information content (AvgIpc) is 3.97. The number of hydrogen-bond acceptors (Lipinski definition) is 12. The van der Waals surface area contributed by atoms with E-state index in [1.807, 2.05) is 0 Å². The van der Waals surface area contributed by atoms with Gasteiger partial charge in [-0.3, -0.25) is 29.2 Å². The highest BCUT2D eigenvalue weighted by molar-refractivity contribution is 6.09. The average molecular weight is 941 g/mol. The van der Waals surface area contributed by atoms with Crippen LogP contribution in [0.2, 0.25) is 0 Å². The number of aliphatic imine (C=N–C) groups is 2. The Bertz CT molecular complexity index is 2120. The van der Waals surface area contributed by atoms with Crippen molar-refractivity contribution in [3.05, 3.63) is 59.2 Å². The Morgan fingerprint density at radius 3 is 1.32 bits per heavy atom. The van der Waals surface area contributed by atoms with Gasteiger partial charge in [-0.15, -0.1) is 0 Å². The fourth-order valence-electron chi connectivity index (χ4n) is 6.62. The lowest BCUT2D eigenvalue weighted by Crippen LogP contribution is -2.24. The number of carbonyl (C=O) groups excluding carboxylic acids is 4. The largest absolute Gasteiger partial charge is 0.485 e. The molecule has 3 aromatic rings. The summed E-state index contributed by atoms with van der Waals surface area (Å²) in [7, 11) is 0. The molecule has 5 rings (SSSR count). The molecule has 4 amide bonds. The van der Waals surface area contributed by atoms with Gasteiger partial charge in [0, 0.05) is 45.1 Å². The highest BCUT2D eigenvalue weighted by Gasteiger charge is 2.36. The lowest BCUT2D eigenvalue weighted by molar-refractivity contribution is -0.138. The molecule has 0 aliphatic carbocycles. The molecule has 1 aromatic heterocycles. The molecule has 2 fully saturated rings. The van der Waals surface area contributed by atoms with Crippen LogP contribution < -0.4 is 64.3 Å². The van der Waals surface area contributed by atoms with Crippen LogP contribution in [0, 0.1) is 0 Å². The van der Waals surface area contributed by atoms with Gasteiger partial charge in [-0.2, -0.15) is 26.3 Å². The van der Waals surface area contributed by atoms with Gasteiger partial charge in [0.15, 0.2) is 23.4 Å². The molecule has 0 radical (unpaired) electrons. The van der Waals surface area contributed by atoms with E-state index in [1.54, 1.807) is 0 Å². The third-order valence-corrected chi connectivity index (χ3v) is 9.82. The zero-order chi connectivity index (χ0) is 48.0. The number of nitrogens with two attached hydrogens (primary N) is 4. The Kier molecular flexibility index (Phi) is 17.3. The minimum atomic E-state index is -4.97. The number of alkyl halides is 6. The van der Waals surface area contributed by atoms with Crippen LogP contribution in [0.5, 0.6) is 11.5 Å².